The Morgan fingerprint density at radius 1 is 0.296 bits per heavy atom. The molecule has 0 fully saturated rings. The van der Waals surface area contributed by atoms with Gasteiger partial charge in [0.05, 0.1) is 16.7 Å². The molecule has 9 aromatic rings. The average Bonchev–Trinajstić information content (AvgIpc) is 3.60. The van der Waals surface area contributed by atoms with Gasteiger partial charge in [0, 0.05) is 21.9 Å². The van der Waals surface area contributed by atoms with E-state index in [1.807, 2.05) is 91.0 Å². The molecule has 0 spiro atoms. The quantitative estimate of drug-likeness (QED) is 0.0480. The minimum atomic E-state index is -1.29. The second-order valence-electron chi connectivity index (χ2n) is 12.9. The second-order valence-corrected chi connectivity index (χ2v) is 12.9. The molecule has 9 rings (SSSR count). The van der Waals surface area contributed by atoms with Crippen molar-refractivity contribution < 1.29 is 50.4 Å². The maximum Gasteiger partial charge on any atom is 0.208 e. The van der Waals surface area contributed by atoms with Crippen LogP contribution in [0, 0.1) is 0 Å². The lowest BCUT2D eigenvalue weighted by molar-refractivity contribution is 0.329. The van der Waals surface area contributed by atoms with Crippen molar-refractivity contribution in [1.29, 1.82) is 0 Å². The Kier molecular flexibility index (Phi) is 6.95. The van der Waals surface area contributed by atoms with Gasteiger partial charge in [-0.05, 0) is 50.4 Å². The standard InChI is InChI=1S/C44H28O10/c45-35-32(36(46)38(48)33(37(35)47)34-39(49)41(51)43(53)42(52)40(34)50)30-24-14-6-4-12-22(24)29(23-13-5-7-15-25(23)30)27-19-18-21(20-10-2-1-3-11-20)44-31(27)26-16-8-9-17-28(26)54-44/h1-19,45-53H. The summed E-state index contributed by atoms with van der Waals surface area (Å²) in [6, 6.07) is 36.3. The number of aromatic hydroxyl groups is 9. The Balaban J connectivity index is 1.39. The van der Waals surface area contributed by atoms with Crippen molar-refractivity contribution in [2.45, 2.75) is 0 Å². The summed E-state index contributed by atoms with van der Waals surface area (Å²) in [6.07, 6.45) is 0. The van der Waals surface area contributed by atoms with Crippen LogP contribution in [0.25, 0.3) is 88.0 Å². The van der Waals surface area contributed by atoms with Crippen molar-refractivity contribution in [3.05, 3.63) is 115 Å². The lowest BCUT2D eigenvalue weighted by Gasteiger charge is -2.22. The number of phenolic OH excluding ortho intramolecular Hbond substituents is 9. The first-order valence-corrected chi connectivity index (χ1v) is 16.7. The molecule has 0 aliphatic rings. The largest absolute Gasteiger partial charge is 0.504 e. The molecular weight excluding hydrogens is 688 g/mol. The van der Waals surface area contributed by atoms with Gasteiger partial charge >= 0.3 is 0 Å². The molecule has 1 aromatic heterocycles. The SMILES string of the molecule is Oc1c(O)c(O)c(-c2c(O)c(O)c(-c3c4ccccc4c(-c4ccc(-c5ccccc5)c5oc6ccccc6c45)c4ccccc34)c(O)c2O)c(O)c1O. The molecule has 1 heterocycles. The Bertz CT molecular complexity index is 2920. The zero-order valence-corrected chi connectivity index (χ0v) is 27.9. The van der Waals surface area contributed by atoms with Crippen molar-refractivity contribution in [1.82, 2.24) is 0 Å². The van der Waals surface area contributed by atoms with Crippen LogP contribution in [-0.4, -0.2) is 46.0 Å². The van der Waals surface area contributed by atoms with Gasteiger partial charge in [-0.25, -0.2) is 0 Å². The molecule has 0 unspecified atom stereocenters. The molecule has 54 heavy (non-hydrogen) atoms. The molecule has 264 valence electrons. The number of fused-ring (bicyclic) bond motifs is 5. The molecule has 0 aliphatic heterocycles. The van der Waals surface area contributed by atoms with Crippen LogP contribution in [0.3, 0.4) is 0 Å². The lowest BCUT2D eigenvalue weighted by Crippen LogP contribution is -1.94. The Morgan fingerprint density at radius 2 is 0.667 bits per heavy atom. The van der Waals surface area contributed by atoms with Crippen LogP contribution in [-0.2, 0) is 0 Å². The third kappa shape index (κ3) is 4.34. The van der Waals surface area contributed by atoms with Crippen LogP contribution in [0.2, 0.25) is 0 Å². The third-order valence-electron chi connectivity index (χ3n) is 10.1. The van der Waals surface area contributed by atoms with E-state index < -0.39 is 62.9 Å². The normalized spacial score (nSPS) is 11.6. The van der Waals surface area contributed by atoms with Gasteiger partial charge in [0.2, 0.25) is 17.2 Å². The molecule has 0 radical (unpaired) electrons. The second kappa shape index (κ2) is 11.7. The van der Waals surface area contributed by atoms with Crippen LogP contribution in [0.15, 0.2) is 120 Å². The molecular formula is C44H28O10. The first-order chi connectivity index (χ1) is 26.1. The molecule has 10 heteroatoms. The van der Waals surface area contributed by atoms with Crippen molar-refractivity contribution in [3.8, 4) is 96.3 Å². The predicted molar refractivity (Wildman–Crippen MR) is 205 cm³/mol. The van der Waals surface area contributed by atoms with Gasteiger partial charge in [-0.2, -0.15) is 0 Å². The molecule has 0 saturated heterocycles. The van der Waals surface area contributed by atoms with Crippen molar-refractivity contribution >= 4 is 43.5 Å². The van der Waals surface area contributed by atoms with Crippen LogP contribution >= 0.6 is 0 Å². The van der Waals surface area contributed by atoms with Crippen molar-refractivity contribution in [3.63, 3.8) is 0 Å². The van der Waals surface area contributed by atoms with E-state index in [2.05, 4.69) is 0 Å². The van der Waals surface area contributed by atoms with Gasteiger partial charge in [-0.15, -0.1) is 0 Å². The first-order valence-electron chi connectivity index (χ1n) is 16.7. The number of rotatable bonds is 4. The van der Waals surface area contributed by atoms with Gasteiger partial charge in [0.25, 0.3) is 0 Å². The Hall–Kier alpha value is -7.72. The first kappa shape index (κ1) is 32.2. The van der Waals surface area contributed by atoms with Gasteiger partial charge < -0.3 is 50.4 Å². The highest BCUT2D eigenvalue weighted by molar-refractivity contribution is 6.27. The van der Waals surface area contributed by atoms with E-state index in [9.17, 15) is 46.0 Å². The number of furan rings is 1. The number of hydrogen-bond donors (Lipinski definition) is 9. The number of para-hydroxylation sites is 1. The highest BCUT2D eigenvalue weighted by Crippen LogP contribution is 2.63. The zero-order chi connectivity index (χ0) is 37.6. The molecule has 0 saturated carbocycles. The summed E-state index contributed by atoms with van der Waals surface area (Å²) in [5.41, 5.74) is 2.91. The summed E-state index contributed by atoms with van der Waals surface area (Å²) in [7, 11) is 0. The smallest absolute Gasteiger partial charge is 0.208 e. The summed E-state index contributed by atoms with van der Waals surface area (Å²) in [6.45, 7) is 0. The van der Waals surface area contributed by atoms with E-state index in [0.29, 0.717) is 32.7 Å². The zero-order valence-electron chi connectivity index (χ0n) is 27.9. The van der Waals surface area contributed by atoms with Crippen molar-refractivity contribution in [2.75, 3.05) is 0 Å². The fourth-order valence-corrected chi connectivity index (χ4v) is 7.66. The molecule has 9 N–H and O–H groups in total. The summed E-state index contributed by atoms with van der Waals surface area (Å²) in [5, 5.41) is 102. The van der Waals surface area contributed by atoms with Crippen LogP contribution in [0.1, 0.15) is 0 Å². The number of phenols is 9. The molecule has 0 atom stereocenters. The van der Waals surface area contributed by atoms with E-state index in [1.54, 1.807) is 24.3 Å². The fraction of sp³-hybridized carbons (Fsp3) is 0. The summed E-state index contributed by atoms with van der Waals surface area (Å²) in [5.74, 6) is -10.5. The Morgan fingerprint density at radius 3 is 1.19 bits per heavy atom. The third-order valence-corrected chi connectivity index (χ3v) is 10.1. The molecule has 0 aliphatic carbocycles. The number of hydrogen-bond acceptors (Lipinski definition) is 10. The maximum atomic E-state index is 11.7. The van der Waals surface area contributed by atoms with Gasteiger partial charge in [-0.1, -0.05) is 103 Å². The topological polar surface area (TPSA) is 195 Å². The van der Waals surface area contributed by atoms with E-state index in [1.165, 1.54) is 0 Å². The lowest BCUT2D eigenvalue weighted by atomic mass is 9.83. The van der Waals surface area contributed by atoms with E-state index in [-0.39, 0.29) is 11.1 Å². The Labute approximate surface area is 304 Å². The fourth-order valence-electron chi connectivity index (χ4n) is 7.66. The molecule has 0 bridgehead atoms. The predicted octanol–water partition coefficient (Wildman–Crippen LogP) is 9.91. The summed E-state index contributed by atoms with van der Waals surface area (Å²) < 4.78 is 6.56. The van der Waals surface area contributed by atoms with Crippen LogP contribution in [0.5, 0.6) is 51.7 Å². The highest BCUT2D eigenvalue weighted by Gasteiger charge is 2.34. The van der Waals surface area contributed by atoms with E-state index >= 15 is 0 Å². The molecule has 0 amide bonds. The summed E-state index contributed by atoms with van der Waals surface area (Å²) in [4.78, 5) is 0. The highest BCUT2D eigenvalue weighted by atomic mass is 16.4. The molecule has 8 aromatic carbocycles. The van der Waals surface area contributed by atoms with Crippen molar-refractivity contribution in [2.24, 2.45) is 0 Å². The van der Waals surface area contributed by atoms with Crippen LogP contribution < -0.4 is 0 Å². The summed E-state index contributed by atoms with van der Waals surface area (Å²) >= 11 is 0. The van der Waals surface area contributed by atoms with E-state index in [4.69, 9.17) is 4.42 Å². The minimum absolute atomic E-state index is 0.233. The average molecular weight is 717 g/mol. The van der Waals surface area contributed by atoms with Crippen LogP contribution in [0.4, 0.5) is 0 Å². The maximum absolute atomic E-state index is 11.7. The van der Waals surface area contributed by atoms with Gasteiger partial charge in [0.15, 0.2) is 34.5 Å². The number of benzene rings is 8. The monoisotopic (exact) mass is 716 g/mol. The van der Waals surface area contributed by atoms with E-state index in [0.717, 1.165) is 33.0 Å². The minimum Gasteiger partial charge on any atom is -0.504 e. The van der Waals surface area contributed by atoms with Gasteiger partial charge in [0.1, 0.15) is 11.2 Å². The molecule has 10 nitrogen and oxygen atoms in total. The van der Waals surface area contributed by atoms with Gasteiger partial charge in [-0.3, -0.25) is 0 Å².